The number of hydrogen-bond donors (Lipinski definition) is 0. The van der Waals surface area contributed by atoms with E-state index in [0.29, 0.717) is 11.6 Å². The minimum absolute atomic E-state index is 0.104. The molecule has 6 nitrogen and oxygen atoms in total. The van der Waals surface area contributed by atoms with Gasteiger partial charge in [-0.1, -0.05) is 0 Å². The fourth-order valence-corrected chi connectivity index (χ4v) is 3.71. The highest BCUT2D eigenvalue weighted by Gasteiger charge is 2.43. The molecule has 0 spiro atoms. The van der Waals surface area contributed by atoms with Gasteiger partial charge >= 0.3 is 0 Å². The summed E-state index contributed by atoms with van der Waals surface area (Å²) in [5, 5.41) is 4.10. The van der Waals surface area contributed by atoms with Gasteiger partial charge in [-0.15, -0.1) is 0 Å². The zero-order valence-corrected chi connectivity index (χ0v) is 13.3. The van der Waals surface area contributed by atoms with Crippen LogP contribution >= 0.6 is 0 Å². The van der Waals surface area contributed by atoms with Gasteiger partial charge in [-0.05, 0) is 30.0 Å². The number of fused-ring (bicyclic) bond motifs is 1. The van der Waals surface area contributed by atoms with E-state index < -0.39 is 0 Å². The molecule has 0 aromatic carbocycles. The maximum absolute atomic E-state index is 12.6. The van der Waals surface area contributed by atoms with Gasteiger partial charge < -0.3 is 4.90 Å². The van der Waals surface area contributed by atoms with E-state index in [1.165, 1.54) is 5.56 Å². The van der Waals surface area contributed by atoms with Crippen molar-refractivity contribution in [1.29, 1.82) is 0 Å². The molecule has 2 aromatic rings. The Morgan fingerprint density at radius 2 is 2.13 bits per heavy atom. The summed E-state index contributed by atoms with van der Waals surface area (Å²) in [4.78, 5) is 21.1. The Morgan fingerprint density at radius 3 is 2.87 bits per heavy atom. The van der Waals surface area contributed by atoms with Crippen LogP contribution in [0.1, 0.15) is 22.3 Å². The third kappa shape index (κ3) is 2.74. The number of amides is 1. The highest BCUT2D eigenvalue weighted by atomic mass is 16.2. The SMILES string of the molecule is Cn1cc(C(=O)N2CC[C@@H]3CN(Cc4ccncc4)[C@@H]3C2)cn1. The molecule has 0 N–H and O–H groups in total. The molecule has 6 heteroatoms. The lowest BCUT2D eigenvalue weighted by molar-refractivity contribution is -0.0427. The third-order valence-electron chi connectivity index (χ3n) is 5.03. The van der Waals surface area contributed by atoms with Crippen LogP contribution in [0.25, 0.3) is 0 Å². The Kier molecular flexibility index (Phi) is 3.61. The van der Waals surface area contributed by atoms with Gasteiger partial charge in [0.05, 0.1) is 11.8 Å². The minimum Gasteiger partial charge on any atom is -0.337 e. The lowest BCUT2D eigenvalue weighted by Gasteiger charge is -2.53. The van der Waals surface area contributed by atoms with Crippen molar-refractivity contribution in [2.75, 3.05) is 19.6 Å². The molecule has 0 saturated carbocycles. The van der Waals surface area contributed by atoms with Gasteiger partial charge in [0.2, 0.25) is 0 Å². The molecule has 2 saturated heterocycles. The number of likely N-dealkylation sites (tertiary alicyclic amines) is 2. The summed E-state index contributed by atoms with van der Waals surface area (Å²) in [6.07, 6.45) is 8.23. The second-order valence-electron chi connectivity index (χ2n) is 6.55. The molecule has 23 heavy (non-hydrogen) atoms. The van der Waals surface area contributed by atoms with Crippen LogP contribution in [0.3, 0.4) is 0 Å². The predicted molar refractivity (Wildman–Crippen MR) is 85.7 cm³/mol. The monoisotopic (exact) mass is 311 g/mol. The number of aryl methyl sites for hydroxylation is 1. The van der Waals surface area contributed by atoms with E-state index in [-0.39, 0.29) is 5.91 Å². The van der Waals surface area contributed by atoms with Crippen molar-refractivity contribution in [3.63, 3.8) is 0 Å². The Labute approximate surface area is 135 Å². The highest BCUT2D eigenvalue weighted by molar-refractivity contribution is 5.93. The summed E-state index contributed by atoms with van der Waals surface area (Å²) in [5.74, 6) is 0.835. The minimum atomic E-state index is 0.104. The normalized spacial score (nSPS) is 24.1. The van der Waals surface area contributed by atoms with Crippen LogP contribution in [0.5, 0.6) is 0 Å². The number of aromatic nitrogens is 3. The van der Waals surface area contributed by atoms with E-state index >= 15 is 0 Å². The molecular weight excluding hydrogens is 290 g/mol. The highest BCUT2D eigenvalue weighted by Crippen LogP contribution is 2.34. The van der Waals surface area contributed by atoms with Crippen molar-refractivity contribution in [2.24, 2.45) is 13.0 Å². The lowest BCUT2D eigenvalue weighted by Crippen LogP contribution is -2.64. The number of carbonyl (C=O) groups is 1. The fourth-order valence-electron chi connectivity index (χ4n) is 3.71. The van der Waals surface area contributed by atoms with Crippen LogP contribution in [-0.4, -0.2) is 56.1 Å². The van der Waals surface area contributed by atoms with Gasteiger partial charge in [-0.3, -0.25) is 19.4 Å². The summed E-state index contributed by atoms with van der Waals surface area (Å²) in [6, 6.07) is 4.61. The van der Waals surface area contributed by atoms with E-state index in [0.717, 1.165) is 38.5 Å². The largest absolute Gasteiger partial charge is 0.337 e. The Bertz CT molecular complexity index is 698. The van der Waals surface area contributed by atoms with Gasteiger partial charge in [-0.2, -0.15) is 5.10 Å². The molecule has 2 atom stereocenters. The van der Waals surface area contributed by atoms with E-state index in [1.807, 2.05) is 24.3 Å². The second kappa shape index (κ2) is 5.77. The summed E-state index contributed by atoms with van der Waals surface area (Å²) in [7, 11) is 1.84. The summed E-state index contributed by atoms with van der Waals surface area (Å²) in [6.45, 7) is 3.77. The molecule has 2 aliphatic heterocycles. The standard InChI is InChI=1S/C17H21N5O/c1-20-10-15(8-19-20)17(23)21-7-4-14-11-22(16(14)12-21)9-13-2-5-18-6-3-13/h2-3,5-6,8,10,14,16H,4,7,9,11-12H2,1H3/t14-,16-/m1/s1. The topological polar surface area (TPSA) is 54.3 Å². The second-order valence-corrected chi connectivity index (χ2v) is 6.55. The molecule has 4 heterocycles. The first kappa shape index (κ1) is 14.4. The van der Waals surface area contributed by atoms with Gasteiger partial charge in [0.15, 0.2) is 0 Å². The predicted octanol–water partition coefficient (Wildman–Crippen LogP) is 1.16. The first-order valence-electron chi connectivity index (χ1n) is 8.11. The Morgan fingerprint density at radius 1 is 1.30 bits per heavy atom. The van der Waals surface area contributed by atoms with Gasteiger partial charge in [0.1, 0.15) is 0 Å². The van der Waals surface area contributed by atoms with Crippen molar-refractivity contribution < 1.29 is 4.79 Å². The van der Waals surface area contributed by atoms with Crippen molar-refractivity contribution >= 4 is 5.91 Å². The van der Waals surface area contributed by atoms with E-state index in [4.69, 9.17) is 0 Å². The Balaban J connectivity index is 1.41. The number of carbonyl (C=O) groups excluding carboxylic acids is 1. The van der Waals surface area contributed by atoms with Crippen molar-refractivity contribution in [3.05, 3.63) is 48.0 Å². The van der Waals surface area contributed by atoms with Crippen LogP contribution in [0.4, 0.5) is 0 Å². The van der Waals surface area contributed by atoms with Crippen LogP contribution in [0.15, 0.2) is 36.9 Å². The smallest absolute Gasteiger partial charge is 0.257 e. The first-order valence-corrected chi connectivity index (χ1v) is 8.11. The van der Waals surface area contributed by atoms with Crippen LogP contribution in [0.2, 0.25) is 0 Å². The average Bonchev–Trinajstić information content (AvgIpc) is 2.99. The molecule has 0 aliphatic carbocycles. The molecule has 0 radical (unpaired) electrons. The summed E-state index contributed by atoms with van der Waals surface area (Å²) >= 11 is 0. The van der Waals surface area contributed by atoms with Gasteiger partial charge in [0, 0.05) is 57.9 Å². The van der Waals surface area contributed by atoms with Gasteiger partial charge in [0.25, 0.3) is 5.91 Å². The van der Waals surface area contributed by atoms with Gasteiger partial charge in [-0.25, -0.2) is 0 Å². The molecule has 1 amide bonds. The number of piperidine rings is 1. The van der Waals surface area contributed by atoms with E-state index in [1.54, 1.807) is 17.1 Å². The van der Waals surface area contributed by atoms with Crippen molar-refractivity contribution in [1.82, 2.24) is 24.6 Å². The molecule has 0 unspecified atom stereocenters. The zero-order valence-electron chi connectivity index (χ0n) is 13.3. The fraction of sp³-hybridized carbons (Fsp3) is 0.471. The van der Waals surface area contributed by atoms with Crippen molar-refractivity contribution in [2.45, 2.75) is 19.0 Å². The number of rotatable bonds is 3. The zero-order chi connectivity index (χ0) is 15.8. The van der Waals surface area contributed by atoms with Crippen LogP contribution in [0, 0.1) is 5.92 Å². The molecule has 2 aromatic heterocycles. The van der Waals surface area contributed by atoms with E-state index in [9.17, 15) is 4.79 Å². The molecule has 2 aliphatic rings. The van der Waals surface area contributed by atoms with Crippen molar-refractivity contribution in [3.8, 4) is 0 Å². The number of pyridine rings is 1. The van der Waals surface area contributed by atoms with Crippen LogP contribution in [-0.2, 0) is 13.6 Å². The average molecular weight is 311 g/mol. The molecular formula is C17H21N5O. The maximum atomic E-state index is 12.6. The molecule has 120 valence electrons. The first-order chi connectivity index (χ1) is 11.2. The number of nitrogens with zero attached hydrogens (tertiary/aromatic N) is 5. The quantitative estimate of drug-likeness (QED) is 0.853. The molecule has 4 rings (SSSR count). The summed E-state index contributed by atoms with van der Waals surface area (Å²) < 4.78 is 1.68. The molecule has 0 bridgehead atoms. The maximum Gasteiger partial charge on any atom is 0.257 e. The number of hydrogen-bond acceptors (Lipinski definition) is 4. The third-order valence-corrected chi connectivity index (χ3v) is 5.03. The molecule has 2 fully saturated rings. The lowest BCUT2D eigenvalue weighted by atomic mass is 9.82. The van der Waals surface area contributed by atoms with Crippen LogP contribution < -0.4 is 0 Å². The van der Waals surface area contributed by atoms with E-state index in [2.05, 4.69) is 27.1 Å². The summed E-state index contributed by atoms with van der Waals surface area (Å²) in [5.41, 5.74) is 1.97. The Hall–Kier alpha value is -2.21.